The second kappa shape index (κ2) is 8.45. The monoisotopic (exact) mass is 458 g/mol. The van der Waals surface area contributed by atoms with E-state index >= 15 is 0 Å². The highest BCUT2D eigenvalue weighted by Crippen LogP contribution is 2.23. The Hall–Kier alpha value is -2.68. The third kappa shape index (κ3) is 4.37. The molecule has 0 radical (unpaired) electrons. The number of aryl methyl sites for hydroxylation is 2. The van der Waals surface area contributed by atoms with Crippen LogP contribution in [0.4, 0.5) is 0 Å². The van der Waals surface area contributed by atoms with Crippen molar-refractivity contribution >= 4 is 27.5 Å². The lowest BCUT2D eigenvalue weighted by molar-refractivity contribution is 0.0692. The Morgan fingerprint density at radius 2 is 1.65 bits per heavy atom. The summed E-state index contributed by atoms with van der Waals surface area (Å²) in [6.45, 7) is 5.16. The highest BCUT2D eigenvalue weighted by atomic mass is 35.5. The first kappa shape index (κ1) is 21.5. The van der Waals surface area contributed by atoms with Gasteiger partial charge < -0.3 is 4.90 Å². The SMILES string of the molecule is Cc1ccc(-c2cc(C(=O)N3CCN(S(=O)(=O)c4ccc(Cl)cc4)CC3)[nH]n2)cc1C. The van der Waals surface area contributed by atoms with E-state index in [0.717, 1.165) is 11.1 Å². The summed E-state index contributed by atoms with van der Waals surface area (Å²) < 4.78 is 27.0. The Labute approximate surface area is 186 Å². The summed E-state index contributed by atoms with van der Waals surface area (Å²) in [5, 5.41) is 7.59. The van der Waals surface area contributed by atoms with Crippen LogP contribution >= 0.6 is 11.6 Å². The van der Waals surface area contributed by atoms with Gasteiger partial charge in [-0.15, -0.1) is 0 Å². The van der Waals surface area contributed by atoms with Crippen molar-refractivity contribution in [3.05, 3.63) is 70.4 Å². The van der Waals surface area contributed by atoms with Crippen molar-refractivity contribution < 1.29 is 13.2 Å². The molecule has 1 N–H and O–H groups in total. The molecule has 0 bridgehead atoms. The Bertz CT molecular complexity index is 1210. The molecule has 0 aliphatic carbocycles. The van der Waals surface area contributed by atoms with Crippen molar-refractivity contribution in [2.75, 3.05) is 26.2 Å². The summed E-state index contributed by atoms with van der Waals surface area (Å²) in [6.07, 6.45) is 0. The number of carbonyl (C=O) groups is 1. The first-order valence-electron chi connectivity index (χ1n) is 9.94. The molecule has 7 nitrogen and oxygen atoms in total. The van der Waals surface area contributed by atoms with Gasteiger partial charge in [-0.1, -0.05) is 23.7 Å². The van der Waals surface area contributed by atoms with Crippen molar-refractivity contribution in [1.82, 2.24) is 19.4 Å². The molecular weight excluding hydrogens is 436 g/mol. The van der Waals surface area contributed by atoms with Crippen molar-refractivity contribution in [3.8, 4) is 11.3 Å². The van der Waals surface area contributed by atoms with Gasteiger partial charge in [0.25, 0.3) is 5.91 Å². The van der Waals surface area contributed by atoms with Gasteiger partial charge in [-0.3, -0.25) is 9.89 Å². The van der Waals surface area contributed by atoms with Crippen LogP contribution in [0.25, 0.3) is 11.3 Å². The van der Waals surface area contributed by atoms with Gasteiger partial charge in [0.2, 0.25) is 10.0 Å². The molecule has 9 heteroatoms. The fraction of sp³-hybridized carbons (Fsp3) is 0.273. The highest BCUT2D eigenvalue weighted by molar-refractivity contribution is 7.89. The number of amides is 1. The fourth-order valence-electron chi connectivity index (χ4n) is 3.54. The lowest BCUT2D eigenvalue weighted by atomic mass is 10.0. The predicted molar refractivity (Wildman–Crippen MR) is 120 cm³/mol. The Balaban J connectivity index is 1.43. The normalized spacial score (nSPS) is 15.3. The van der Waals surface area contributed by atoms with E-state index in [0.29, 0.717) is 29.5 Å². The van der Waals surface area contributed by atoms with Crippen LogP contribution in [-0.4, -0.2) is 59.9 Å². The Kier molecular flexibility index (Phi) is 5.88. The first-order chi connectivity index (χ1) is 14.8. The second-order valence-electron chi connectivity index (χ2n) is 7.62. The molecule has 1 aliphatic heterocycles. The topological polar surface area (TPSA) is 86.4 Å². The zero-order chi connectivity index (χ0) is 22.2. The standard InChI is InChI=1S/C22H23ClN4O3S/c1-15-3-4-17(13-16(15)2)20-14-21(25-24-20)22(28)26-9-11-27(12-10-26)31(29,30)19-7-5-18(23)6-8-19/h3-8,13-14H,9-12H2,1-2H3,(H,24,25). The summed E-state index contributed by atoms with van der Waals surface area (Å²) in [5.74, 6) is -0.189. The summed E-state index contributed by atoms with van der Waals surface area (Å²) in [5.41, 5.74) is 4.39. The van der Waals surface area contributed by atoms with Gasteiger partial charge in [0.05, 0.1) is 10.6 Å². The summed E-state index contributed by atoms with van der Waals surface area (Å²) >= 11 is 5.85. The smallest absolute Gasteiger partial charge is 0.271 e. The number of sulfonamides is 1. The van der Waals surface area contributed by atoms with Gasteiger partial charge >= 0.3 is 0 Å². The molecule has 0 spiro atoms. The van der Waals surface area contributed by atoms with Gasteiger partial charge in [-0.25, -0.2) is 8.42 Å². The number of nitrogens with one attached hydrogen (secondary N) is 1. The van der Waals surface area contributed by atoms with Crippen LogP contribution in [0, 0.1) is 13.8 Å². The summed E-state index contributed by atoms with van der Waals surface area (Å²) in [7, 11) is -3.62. The summed E-state index contributed by atoms with van der Waals surface area (Å²) in [6, 6.07) is 13.9. The molecule has 0 saturated carbocycles. The van der Waals surface area contributed by atoms with Gasteiger partial charge in [0, 0.05) is 36.8 Å². The molecule has 0 atom stereocenters. The molecular formula is C22H23ClN4O3S. The Morgan fingerprint density at radius 3 is 2.29 bits per heavy atom. The number of hydrogen-bond donors (Lipinski definition) is 1. The molecule has 1 aromatic heterocycles. The second-order valence-corrected chi connectivity index (χ2v) is 9.99. The zero-order valence-electron chi connectivity index (χ0n) is 17.3. The van der Waals surface area contributed by atoms with E-state index < -0.39 is 10.0 Å². The molecule has 162 valence electrons. The first-order valence-corrected chi connectivity index (χ1v) is 11.8. The number of nitrogens with zero attached hydrogens (tertiary/aromatic N) is 3. The molecule has 1 saturated heterocycles. The van der Waals surface area contributed by atoms with Crippen LogP contribution < -0.4 is 0 Å². The number of aromatic nitrogens is 2. The van der Waals surface area contributed by atoms with E-state index in [1.807, 2.05) is 32.0 Å². The van der Waals surface area contributed by atoms with E-state index in [-0.39, 0.29) is 23.9 Å². The molecule has 31 heavy (non-hydrogen) atoms. The molecule has 2 heterocycles. The molecule has 4 rings (SSSR count). The van der Waals surface area contributed by atoms with Crippen molar-refractivity contribution in [2.45, 2.75) is 18.7 Å². The number of benzene rings is 2. The minimum atomic E-state index is -3.62. The largest absolute Gasteiger partial charge is 0.335 e. The molecule has 3 aromatic rings. The van der Waals surface area contributed by atoms with E-state index in [9.17, 15) is 13.2 Å². The van der Waals surface area contributed by atoms with Crippen LogP contribution in [0.2, 0.25) is 5.02 Å². The predicted octanol–water partition coefficient (Wildman–Crippen LogP) is 3.49. The maximum Gasteiger partial charge on any atom is 0.271 e. The van der Waals surface area contributed by atoms with E-state index in [4.69, 9.17) is 11.6 Å². The third-order valence-electron chi connectivity index (χ3n) is 5.59. The Morgan fingerprint density at radius 1 is 0.968 bits per heavy atom. The lowest BCUT2D eigenvalue weighted by Crippen LogP contribution is -2.50. The number of H-pyrrole nitrogens is 1. The minimum absolute atomic E-state index is 0.189. The fourth-order valence-corrected chi connectivity index (χ4v) is 5.09. The number of piperazine rings is 1. The van der Waals surface area contributed by atoms with Crippen LogP contribution in [0.5, 0.6) is 0 Å². The number of aromatic amines is 1. The van der Waals surface area contributed by atoms with E-state index in [1.54, 1.807) is 23.1 Å². The maximum atomic E-state index is 12.9. The number of hydrogen-bond acceptors (Lipinski definition) is 4. The number of carbonyl (C=O) groups excluding carboxylic acids is 1. The van der Waals surface area contributed by atoms with E-state index in [2.05, 4.69) is 10.2 Å². The van der Waals surface area contributed by atoms with E-state index in [1.165, 1.54) is 22.0 Å². The number of rotatable bonds is 4. The minimum Gasteiger partial charge on any atom is -0.335 e. The molecule has 1 amide bonds. The van der Waals surface area contributed by atoms with Crippen molar-refractivity contribution in [1.29, 1.82) is 0 Å². The maximum absolute atomic E-state index is 12.9. The molecule has 2 aromatic carbocycles. The average molecular weight is 459 g/mol. The van der Waals surface area contributed by atoms with Gasteiger partial charge in [0.1, 0.15) is 5.69 Å². The molecule has 0 unspecified atom stereocenters. The van der Waals surface area contributed by atoms with Crippen LogP contribution in [0.15, 0.2) is 53.4 Å². The van der Waals surface area contributed by atoms with Gasteiger partial charge in [0.15, 0.2) is 0 Å². The molecule has 1 fully saturated rings. The molecule has 1 aliphatic rings. The number of halogens is 1. The quantitative estimate of drug-likeness (QED) is 0.648. The zero-order valence-corrected chi connectivity index (χ0v) is 18.9. The van der Waals surface area contributed by atoms with Gasteiger partial charge in [-0.05, 0) is 61.4 Å². The lowest BCUT2D eigenvalue weighted by Gasteiger charge is -2.33. The third-order valence-corrected chi connectivity index (χ3v) is 7.75. The van der Waals surface area contributed by atoms with Crippen LogP contribution in [-0.2, 0) is 10.0 Å². The van der Waals surface area contributed by atoms with Crippen LogP contribution in [0.1, 0.15) is 21.6 Å². The van der Waals surface area contributed by atoms with Crippen molar-refractivity contribution in [2.24, 2.45) is 0 Å². The highest BCUT2D eigenvalue weighted by Gasteiger charge is 2.31. The van der Waals surface area contributed by atoms with Gasteiger partial charge in [-0.2, -0.15) is 9.40 Å². The summed E-state index contributed by atoms with van der Waals surface area (Å²) in [4.78, 5) is 14.7. The van der Waals surface area contributed by atoms with Crippen molar-refractivity contribution in [3.63, 3.8) is 0 Å². The average Bonchev–Trinajstić information content (AvgIpc) is 3.26. The van der Waals surface area contributed by atoms with Crippen LogP contribution in [0.3, 0.4) is 0 Å².